The van der Waals surface area contributed by atoms with Crippen LogP contribution in [0.3, 0.4) is 0 Å². The zero-order valence-electron chi connectivity index (χ0n) is 4.53. The molecule has 0 bridgehead atoms. The second kappa shape index (κ2) is 2.81. The summed E-state index contributed by atoms with van der Waals surface area (Å²) in [6, 6.07) is 0. The number of rotatable bonds is 3. The molecule has 0 aliphatic rings. The van der Waals surface area contributed by atoms with Crippen molar-refractivity contribution in [3.05, 3.63) is 0 Å². The standard InChI is InChI=1S/C3H7NO4S/c1-9(7,8)4-2-3(5)6/h1-2H2,(H,5,6)(H2,4,7,8). The third kappa shape index (κ3) is 7.41. The van der Waals surface area contributed by atoms with E-state index in [1.807, 2.05) is 0 Å². The molecule has 0 saturated carbocycles. The molecule has 9 heavy (non-hydrogen) atoms. The summed E-state index contributed by atoms with van der Waals surface area (Å²) < 4.78 is 20.3. The van der Waals surface area contributed by atoms with Gasteiger partial charge in [0.05, 0.1) is 0 Å². The molecule has 0 saturated heterocycles. The van der Waals surface area contributed by atoms with Gasteiger partial charge in [-0.3, -0.25) is 4.79 Å². The van der Waals surface area contributed by atoms with Crippen LogP contribution in [0.2, 0.25) is 0 Å². The molecule has 3 N–H and O–H groups in total. The van der Waals surface area contributed by atoms with Crippen LogP contribution in [0.1, 0.15) is 0 Å². The van der Waals surface area contributed by atoms with Gasteiger partial charge in [0.1, 0.15) is 16.5 Å². The van der Waals surface area contributed by atoms with Crippen molar-refractivity contribution in [3.8, 4) is 0 Å². The van der Waals surface area contributed by atoms with Crippen LogP contribution >= 0.6 is 0 Å². The van der Waals surface area contributed by atoms with Gasteiger partial charge in [-0.25, -0.2) is 8.93 Å². The Hall–Kier alpha value is -0.590. The molecule has 6 heteroatoms. The highest BCUT2D eigenvalue weighted by Gasteiger charge is 1.98. The zero-order valence-corrected chi connectivity index (χ0v) is 5.35. The summed E-state index contributed by atoms with van der Waals surface area (Å²) in [6.07, 6.45) is 0. The van der Waals surface area contributed by atoms with Crippen molar-refractivity contribution >= 4 is 21.8 Å². The van der Waals surface area contributed by atoms with Crippen LogP contribution in [0.5, 0.6) is 0 Å². The van der Waals surface area contributed by atoms with Crippen molar-refractivity contribution in [3.63, 3.8) is 0 Å². The summed E-state index contributed by atoms with van der Waals surface area (Å²) in [5, 5.41) is 7.95. The maximum absolute atomic E-state index is 10.2. The highest BCUT2D eigenvalue weighted by atomic mass is 32.2. The van der Waals surface area contributed by atoms with E-state index >= 15 is 0 Å². The SMILES string of the molecule is C=S(=O)(O)NCC(=O)O. The van der Waals surface area contributed by atoms with Crippen LogP contribution in [0.15, 0.2) is 0 Å². The molecule has 0 heterocycles. The van der Waals surface area contributed by atoms with E-state index in [0.29, 0.717) is 0 Å². The van der Waals surface area contributed by atoms with E-state index in [2.05, 4.69) is 5.87 Å². The number of carboxylic acids is 1. The molecule has 1 unspecified atom stereocenters. The summed E-state index contributed by atoms with van der Waals surface area (Å²) in [5.41, 5.74) is 0. The van der Waals surface area contributed by atoms with Gasteiger partial charge in [0.2, 0.25) is 0 Å². The van der Waals surface area contributed by atoms with Gasteiger partial charge in [0.15, 0.2) is 0 Å². The Kier molecular flexibility index (Phi) is 2.63. The van der Waals surface area contributed by atoms with Crippen LogP contribution in [0.4, 0.5) is 0 Å². The van der Waals surface area contributed by atoms with Gasteiger partial charge in [0, 0.05) is 0 Å². The molecular formula is C3H7NO4S. The van der Waals surface area contributed by atoms with Crippen LogP contribution in [-0.4, -0.2) is 32.3 Å². The molecule has 0 aliphatic carbocycles. The molecule has 5 nitrogen and oxygen atoms in total. The van der Waals surface area contributed by atoms with E-state index in [1.165, 1.54) is 0 Å². The summed E-state index contributed by atoms with van der Waals surface area (Å²) in [4.78, 5) is 9.72. The fourth-order valence-corrected chi connectivity index (χ4v) is 0.524. The first-order chi connectivity index (χ1) is 3.92. The van der Waals surface area contributed by atoms with Gasteiger partial charge in [-0.15, -0.1) is 0 Å². The van der Waals surface area contributed by atoms with Crippen molar-refractivity contribution in [1.29, 1.82) is 0 Å². The first-order valence-corrected chi connectivity index (χ1v) is 3.66. The molecule has 54 valence electrons. The predicted molar refractivity (Wildman–Crippen MR) is 33.5 cm³/mol. The molecule has 0 rings (SSSR count). The normalized spacial score (nSPS) is 16.6. The second-order valence-corrected chi connectivity index (χ2v) is 2.92. The van der Waals surface area contributed by atoms with E-state index < -0.39 is 22.5 Å². The smallest absolute Gasteiger partial charge is 0.318 e. The molecule has 0 fully saturated rings. The van der Waals surface area contributed by atoms with Crippen molar-refractivity contribution in [1.82, 2.24) is 4.72 Å². The third-order valence-corrected chi connectivity index (χ3v) is 1.04. The molecule has 0 aromatic carbocycles. The Morgan fingerprint density at radius 2 is 2.22 bits per heavy atom. The Balaban J connectivity index is 3.67. The molecule has 0 spiro atoms. The van der Waals surface area contributed by atoms with Gasteiger partial charge in [-0.1, -0.05) is 0 Å². The van der Waals surface area contributed by atoms with Gasteiger partial charge >= 0.3 is 5.97 Å². The largest absolute Gasteiger partial charge is 0.480 e. The lowest BCUT2D eigenvalue weighted by atomic mass is 10.7. The van der Waals surface area contributed by atoms with Crippen molar-refractivity contribution in [2.75, 3.05) is 6.54 Å². The fraction of sp³-hybridized carbons (Fsp3) is 0.333. The Morgan fingerprint density at radius 1 is 1.78 bits per heavy atom. The minimum atomic E-state index is -3.35. The fourth-order valence-electron chi connectivity index (χ4n) is 0.175. The van der Waals surface area contributed by atoms with Gasteiger partial charge in [-0.05, 0) is 5.87 Å². The van der Waals surface area contributed by atoms with Gasteiger partial charge in [0.25, 0.3) is 0 Å². The Labute approximate surface area is 52.7 Å². The summed E-state index contributed by atoms with van der Waals surface area (Å²) in [6.45, 7) is -0.557. The molecule has 1 atom stereocenters. The maximum atomic E-state index is 10.2. The van der Waals surface area contributed by atoms with Crippen LogP contribution in [-0.2, 0) is 14.8 Å². The van der Waals surface area contributed by atoms with E-state index in [0.717, 1.165) is 0 Å². The number of hydrogen-bond donors (Lipinski definition) is 3. The summed E-state index contributed by atoms with van der Waals surface area (Å²) >= 11 is 0. The van der Waals surface area contributed by atoms with Crippen molar-refractivity contribution in [2.24, 2.45) is 0 Å². The van der Waals surface area contributed by atoms with Gasteiger partial charge in [-0.2, -0.15) is 0 Å². The first-order valence-electron chi connectivity index (χ1n) is 1.98. The monoisotopic (exact) mass is 153 g/mol. The number of carboxylic acid groups (broad SMARTS) is 1. The van der Waals surface area contributed by atoms with Crippen LogP contribution < -0.4 is 4.72 Å². The number of carbonyl (C=O) groups is 1. The lowest BCUT2D eigenvalue weighted by Gasteiger charge is -1.98. The average Bonchev–Trinajstić information content (AvgIpc) is 1.59. The highest BCUT2D eigenvalue weighted by Crippen LogP contribution is 1.70. The molecule has 0 aromatic heterocycles. The topological polar surface area (TPSA) is 86.6 Å². The van der Waals surface area contributed by atoms with Crippen LogP contribution in [0.25, 0.3) is 0 Å². The second-order valence-electron chi connectivity index (χ2n) is 1.36. The molecule has 0 amide bonds. The minimum absolute atomic E-state index is 0.557. The van der Waals surface area contributed by atoms with E-state index in [9.17, 15) is 9.00 Å². The van der Waals surface area contributed by atoms with E-state index in [-0.39, 0.29) is 0 Å². The average molecular weight is 153 g/mol. The molecule has 0 radical (unpaired) electrons. The van der Waals surface area contributed by atoms with Crippen molar-refractivity contribution in [2.45, 2.75) is 0 Å². The lowest BCUT2D eigenvalue weighted by molar-refractivity contribution is -0.135. The minimum Gasteiger partial charge on any atom is -0.480 e. The number of hydrogen-bond acceptors (Lipinski definition) is 2. The maximum Gasteiger partial charge on any atom is 0.318 e. The summed E-state index contributed by atoms with van der Waals surface area (Å²) in [7, 11) is -3.35. The Morgan fingerprint density at radius 3 is 2.33 bits per heavy atom. The Bertz CT molecular complexity index is 194. The summed E-state index contributed by atoms with van der Waals surface area (Å²) in [5.74, 6) is 1.56. The van der Waals surface area contributed by atoms with Crippen molar-refractivity contribution < 1.29 is 18.7 Å². The molecule has 0 aliphatic heterocycles. The van der Waals surface area contributed by atoms with E-state index in [1.54, 1.807) is 4.72 Å². The number of aliphatic carboxylic acids is 1. The first kappa shape index (κ1) is 8.41. The predicted octanol–water partition coefficient (Wildman–Crippen LogP) is -1.23. The quantitative estimate of drug-likeness (QED) is 0.443. The number of nitrogens with one attached hydrogen (secondary N) is 1. The zero-order chi connectivity index (χ0) is 7.49. The lowest BCUT2D eigenvalue weighted by Crippen LogP contribution is -2.28. The van der Waals surface area contributed by atoms with E-state index in [4.69, 9.17) is 9.66 Å². The highest BCUT2D eigenvalue weighted by molar-refractivity contribution is 7.93. The molecule has 0 aromatic rings. The molecular weight excluding hydrogens is 146 g/mol. The third-order valence-electron chi connectivity index (χ3n) is 0.449. The van der Waals surface area contributed by atoms with Gasteiger partial charge < -0.3 is 9.66 Å². The van der Waals surface area contributed by atoms with Crippen LogP contribution in [0, 0.1) is 0 Å².